The van der Waals surface area contributed by atoms with Crippen LogP contribution in [-0.4, -0.2) is 71.2 Å². The highest BCUT2D eigenvalue weighted by Gasteiger charge is 2.19. The first kappa shape index (κ1) is 14.9. The molecule has 0 bridgehead atoms. The Morgan fingerprint density at radius 3 is 2.33 bits per heavy atom. The molecule has 0 saturated carbocycles. The molecule has 6 heteroatoms. The van der Waals surface area contributed by atoms with E-state index in [1.807, 2.05) is 0 Å². The summed E-state index contributed by atoms with van der Waals surface area (Å²) in [5.74, 6) is -1.88. The number of hydrogen-bond donors (Lipinski definition) is 2. The Hall–Kier alpha value is -1.14. The van der Waals surface area contributed by atoms with E-state index in [0.717, 1.165) is 32.6 Å². The van der Waals surface area contributed by atoms with Crippen molar-refractivity contribution in [1.82, 2.24) is 9.80 Å². The lowest BCUT2D eigenvalue weighted by atomic mass is 10.1. The van der Waals surface area contributed by atoms with Gasteiger partial charge in [-0.05, 0) is 19.5 Å². The van der Waals surface area contributed by atoms with Crippen LogP contribution in [0.25, 0.3) is 0 Å². The first-order valence-corrected chi connectivity index (χ1v) is 6.38. The van der Waals surface area contributed by atoms with Crippen LogP contribution in [0.2, 0.25) is 0 Å². The number of hydrogen-bond acceptors (Lipinski definition) is 4. The van der Waals surface area contributed by atoms with Gasteiger partial charge >= 0.3 is 11.9 Å². The molecule has 1 heterocycles. The third kappa shape index (κ3) is 5.46. The predicted octanol–water partition coefficient (Wildman–Crippen LogP) is 0.190. The largest absolute Gasteiger partial charge is 0.481 e. The van der Waals surface area contributed by atoms with E-state index in [1.54, 1.807) is 6.92 Å². The second-order valence-electron chi connectivity index (χ2n) is 4.88. The van der Waals surface area contributed by atoms with Gasteiger partial charge in [0.15, 0.2) is 0 Å². The third-order valence-corrected chi connectivity index (χ3v) is 3.28. The highest BCUT2D eigenvalue weighted by Crippen LogP contribution is 2.07. The van der Waals surface area contributed by atoms with Crippen LogP contribution in [0.1, 0.15) is 19.8 Å². The smallest absolute Gasteiger partial charge is 0.307 e. The van der Waals surface area contributed by atoms with Gasteiger partial charge in [-0.25, -0.2) is 0 Å². The average molecular weight is 258 g/mol. The average Bonchev–Trinajstić information content (AvgIpc) is 2.51. The quantitative estimate of drug-likeness (QED) is 0.708. The maximum Gasteiger partial charge on any atom is 0.307 e. The first-order valence-electron chi connectivity index (χ1n) is 6.38. The van der Waals surface area contributed by atoms with Gasteiger partial charge in [0.1, 0.15) is 0 Å². The Labute approximate surface area is 107 Å². The van der Waals surface area contributed by atoms with Crippen LogP contribution in [0.4, 0.5) is 0 Å². The molecule has 0 aromatic rings. The Morgan fingerprint density at radius 1 is 1.11 bits per heavy atom. The topological polar surface area (TPSA) is 81.1 Å². The van der Waals surface area contributed by atoms with E-state index >= 15 is 0 Å². The lowest BCUT2D eigenvalue weighted by Gasteiger charge is -2.22. The minimum absolute atomic E-state index is 0.172. The molecule has 0 aromatic heterocycles. The van der Waals surface area contributed by atoms with Gasteiger partial charge in [-0.3, -0.25) is 9.59 Å². The molecule has 6 nitrogen and oxygen atoms in total. The van der Waals surface area contributed by atoms with Crippen molar-refractivity contribution in [2.24, 2.45) is 5.92 Å². The molecule has 104 valence electrons. The molecular weight excluding hydrogens is 236 g/mol. The molecule has 0 aromatic carbocycles. The lowest BCUT2D eigenvalue weighted by molar-refractivity contribution is -0.142. The number of rotatable bonds is 6. The highest BCUT2D eigenvalue weighted by atomic mass is 16.4. The van der Waals surface area contributed by atoms with Crippen molar-refractivity contribution in [3.8, 4) is 0 Å². The molecule has 1 aliphatic heterocycles. The fourth-order valence-electron chi connectivity index (χ4n) is 2.15. The highest BCUT2D eigenvalue weighted by molar-refractivity contribution is 5.69. The Bertz CT molecular complexity index is 296. The van der Waals surface area contributed by atoms with Gasteiger partial charge in [-0.2, -0.15) is 0 Å². The van der Waals surface area contributed by atoms with Crippen LogP contribution in [0.3, 0.4) is 0 Å². The zero-order valence-corrected chi connectivity index (χ0v) is 10.8. The Morgan fingerprint density at radius 2 is 1.72 bits per heavy atom. The van der Waals surface area contributed by atoms with Crippen LogP contribution in [-0.2, 0) is 9.59 Å². The van der Waals surface area contributed by atoms with E-state index < -0.39 is 11.9 Å². The molecule has 1 fully saturated rings. The zero-order chi connectivity index (χ0) is 13.5. The number of carboxylic acids is 2. The van der Waals surface area contributed by atoms with Crippen LogP contribution < -0.4 is 0 Å². The molecular formula is C12H22N2O4. The van der Waals surface area contributed by atoms with Gasteiger partial charge in [0.05, 0.1) is 12.3 Å². The van der Waals surface area contributed by atoms with Crippen molar-refractivity contribution in [1.29, 1.82) is 0 Å². The maximum atomic E-state index is 10.8. The molecule has 0 aliphatic carbocycles. The van der Waals surface area contributed by atoms with Crippen molar-refractivity contribution in [2.45, 2.75) is 19.8 Å². The summed E-state index contributed by atoms with van der Waals surface area (Å²) < 4.78 is 0. The standard InChI is InChI=1S/C12H22N2O4/c1-10(12(17)18)9-14-5-2-4-13(7-8-14)6-3-11(15)16/h10H,2-9H2,1H3,(H,15,16)(H,17,18). The fraction of sp³-hybridized carbons (Fsp3) is 0.833. The first-order chi connectivity index (χ1) is 8.49. The third-order valence-electron chi connectivity index (χ3n) is 3.28. The van der Waals surface area contributed by atoms with Crippen molar-refractivity contribution < 1.29 is 19.8 Å². The summed E-state index contributed by atoms with van der Waals surface area (Å²) in [7, 11) is 0. The van der Waals surface area contributed by atoms with Crippen molar-refractivity contribution >= 4 is 11.9 Å². The Balaban J connectivity index is 2.32. The molecule has 0 amide bonds. The summed E-state index contributed by atoms with van der Waals surface area (Å²) in [4.78, 5) is 25.6. The van der Waals surface area contributed by atoms with Gasteiger partial charge in [0.25, 0.3) is 0 Å². The summed E-state index contributed by atoms with van der Waals surface area (Å²) in [6.07, 6.45) is 1.14. The van der Waals surface area contributed by atoms with Crippen molar-refractivity contribution in [2.75, 3.05) is 39.3 Å². The van der Waals surface area contributed by atoms with E-state index in [4.69, 9.17) is 10.2 Å². The summed E-state index contributed by atoms with van der Waals surface area (Å²) in [5.41, 5.74) is 0. The van der Waals surface area contributed by atoms with E-state index in [1.165, 1.54) is 0 Å². The minimum atomic E-state index is -0.768. The lowest BCUT2D eigenvalue weighted by Crippen LogP contribution is -2.35. The number of nitrogens with zero attached hydrogens (tertiary/aromatic N) is 2. The van der Waals surface area contributed by atoms with E-state index in [-0.39, 0.29) is 12.3 Å². The molecule has 1 saturated heterocycles. The molecule has 0 spiro atoms. The summed E-state index contributed by atoms with van der Waals surface area (Å²) in [5, 5.41) is 17.5. The monoisotopic (exact) mass is 258 g/mol. The van der Waals surface area contributed by atoms with Crippen molar-refractivity contribution in [3.63, 3.8) is 0 Å². The van der Waals surface area contributed by atoms with Gasteiger partial charge in [0, 0.05) is 26.2 Å². The van der Waals surface area contributed by atoms with Crippen molar-refractivity contribution in [3.05, 3.63) is 0 Å². The van der Waals surface area contributed by atoms with E-state index in [9.17, 15) is 9.59 Å². The molecule has 1 atom stereocenters. The fourth-order valence-corrected chi connectivity index (χ4v) is 2.15. The summed E-state index contributed by atoms with van der Waals surface area (Å²) >= 11 is 0. The minimum Gasteiger partial charge on any atom is -0.481 e. The molecule has 0 radical (unpaired) electrons. The Kier molecular flexibility index (Phi) is 6.07. The summed E-state index contributed by atoms with van der Waals surface area (Å²) in [6, 6.07) is 0. The van der Waals surface area contributed by atoms with E-state index in [2.05, 4.69) is 9.80 Å². The summed E-state index contributed by atoms with van der Waals surface area (Å²) in [6.45, 7) is 6.29. The predicted molar refractivity (Wildman–Crippen MR) is 66.5 cm³/mol. The number of carboxylic acid groups (broad SMARTS) is 2. The van der Waals surface area contributed by atoms with Gasteiger partial charge in [-0.1, -0.05) is 6.92 Å². The van der Waals surface area contributed by atoms with Crippen LogP contribution in [0.15, 0.2) is 0 Å². The zero-order valence-electron chi connectivity index (χ0n) is 10.8. The van der Waals surface area contributed by atoms with Crippen LogP contribution in [0, 0.1) is 5.92 Å². The maximum absolute atomic E-state index is 10.8. The van der Waals surface area contributed by atoms with Gasteiger partial charge < -0.3 is 20.0 Å². The SMILES string of the molecule is CC(CN1CCCN(CCC(=O)O)CC1)C(=O)O. The molecule has 1 rings (SSSR count). The molecule has 1 aliphatic rings. The second kappa shape index (κ2) is 7.33. The van der Waals surface area contributed by atoms with Gasteiger partial charge in [-0.15, -0.1) is 0 Å². The molecule has 1 unspecified atom stereocenters. The molecule has 18 heavy (non-hydrogen) atoms. The number of aliphatic carboxylic acids is 2. The number of carbonyl (C=O) groups is 2. The normalized spacial score (nSPS) is 20.3. The molecule has 2 N–H and O–H groups in total. The van der Waals surface area contributed by atoms with Crippen LogP contribution in [0.5, 0.6) is 0 Å². The van der Waals surface area contributed by atoms with Gasteiger partial charge in [0.2, 0.25) is 0 Å². The van der Waals surface area contributed by atoms with E-state index in [0.29, 0.717) is 13.1 Å². The second-order valence-corrected chi connectivity index (χ2v) is 4.88. The van der Waals surface area contributed by atoms with Crippen LogP contribution >= 0.6 is 0 Å².